The van der Waals surface area contributed by atoms with Gasteiger partial charge >= 0.3 is 5.69 Å². The fourth-order valence-corrected chi connectivity index (χ4v) is 2.47. The molecular formula is C13H22N6O3. The molecule has 0 unspecified atom stereocenters. The molecule has 0 spiro atoms. The Kier molecular flexibility index (Phi) is 5.45. The lowest BCUT2D eigenvalue weighted by molar-refractivity contribution is -0.383. The predicted molar refractivity (Wildman–Crippen MR) is 83.2 cm³/mol. The third kappa shape index (κ3) is 3.80. The van der Waals surface area contributed by atoms with E-state index in [9.17, 15) is 10.1 Å². The van der Waals surface area contributed by atoms with Crippen LogP contribution in [0.25, 0.3) is 0 Å². The summed E-state index contributed by atoms with van der Waals surface area (Å²) in [5, 5.41) is 23.4. The van der Waals surface area contributed by atoms with Gasteiger partial charge in [-0.1, -0.05) is 0 Å². The minimum atomic E-state index is -0.430. The summed E-state index contributed by atoms with van der Waals surface area (Å²) in [5.41, 5.74) is -0.0770. The van der Waals surface area contributed by atoms with E-state index in [-0.39, 0.29) is 24.2 Å². The van der Waals surface area contributed by atoms with Gasteiger partial charge in [-0.3, -0.25) is 15.0 Å². The van der Waals surface area contributed by atoms with Gasteiger partial charge in [0.2, 0.25) is 11.6 Å². The van der Waals surface area contributed by atoms with E-state index in [0.717, 1.165) is 13.1 Å². The van der Waals surface area contributed by atoms with Gasteiger partial charge in [0.05, 0.1) is 11.5 Å². The number of aliphatic hydroxyl groups is 1. The quantitative estimate of drug-likeness (QED) is 0.571. The molecule has 1 saturated heterocycles. The molecule has 22 heavy (non-hydrogen) atoms. The van der Waals surface area contributed by atoms with E-state index < -0.39 is 4.92 Å². The lowest BCUT2D eigenvalue weighted by atomic mass is 10.3. The summed E-state index contributed by atoms with van der Waals surface area (Å²) >= 11 is 0. The number of nitrogens with one attached hydrogen (secondary N) is 1. The maximum Gasteiger partial charge on any atom is 0.353 e. The summed E-state index contributed by atoms with van der Waals surface area (Å²) in [6.07, 6.45) is 1.35. The highest BCUT2D eigenvalue weighted by molar-refractivity contribution is 5.70. The van der Waals surface area contributed by atoms with E-state index in [4.69, 9.17) is 5.11 Å². The normalized spacial score (nSPS) is 16.1. The molecule has 0 atom stereocenters. The Balaban J connectivity index is 2.22. The van der Waals surface area contributed by atoms with E-state index in [0.29, 0.717) is 25.5 Å². The molecule has 0 aromatic carbocycles. The maximum atomic E-state index is 11.4. The van der Waals surface area contributed by atoms with Gasteiger partial charge in [-0.05, 0) is 13.8 Å². The first-order valence-electron chi connectivity index (χ1n) is 7.37. The van der Waals surface area contributed by atoms with Gasteiger partial charge in [0.1, 0.15) is 6.33 Å². The largest absolute Gasteiger partial charge is 0.395 e. The molecule has 1 aromatic rings. The number of nitrogens with zero attached hydrogens (tertiary/aromatic N) is 5. The summed E-state index contributed by atoms with van der Waals surface area (Å²) in [6.45, 7) is 7.32. The third-order valence-corrected chi connectivity index (χ3v) is 3.50. The number of aliphatic hydroxyl groups excluding tert-OH is 1. The Morgan fingerprint density at radius 2 is 2.05 bits per heavy atom. The second-order valence-corrected chi connectivity index (χ2v) is 5.50. The van der Waals surface area contributed by atoms with Crippen LogP contribution in [0.3, 0.4) is 0 Å². The predicted octanol–water partition coefficient (Wildman–Crippen LogP) is 0.319. The molecule has 0 bridgehead atoms. The molecule has 1 aliphatic rings. The van der Waals surface area contributed by atoms with Crippen molar-refractivity contribution >= 4 is 17.3 Å². The third-order valence-electron chi connectivity index (χ3n) is 3.50. The van der Waals surface area contributed by atoms with Crippen molar-refractivity contribution in [3.63, 3.8) is 0 Å². The van der Waals surface area contributed by atoms with Crippen molar-refractivity contribution in [1.82, 2.24) is 14.9 Å². The Bertz CT molecular complexity index is 516. The van der Waals surface area contributed by atoms with Crippen LogP contribution in [0, 0.1) is 10.1 Å². The van der Waals surface area contributed by atoms with Gasteiger partial charge < -0.3 is 15.3 Å². The van der Waals surface area contributed by atoms with Crippen molar-refractivity contribution in [3.8, 4) is 0 Å². The van der Waals surface area contributed by atoms with Crippen molar-refractivity contribution in [2.45, 2.75) is 19.9 Å². The summed E-state index contributed by atoms with van der Waals surface area (Å²) in [7, 11) is 0. The Morgan fingerprint density at radius 1 is 1.36 bits per heavy atom. The van der Waals surface area contributed by atoms with Crippen LogP contribution < -0.4 is 10.2 Å². The zero-order chi connectivity index (χ0) is 16.1. The molecule has 0 aliphatic carbocycles. The van der Waals surface area contributed by atoms with Crippen molar-refractivity contribution < 1.29 is 10.0 Å². The van der Waals surface area contributed by atoms with Crippen LogP contribution in [0.15, 0.2) is 6.33 Å². The fourth-order valence-electron chi connectivity index (χ4n) is 2.47. The molecular weight excluding hydrogens is 288 g/mol. The van der Waals surface area contributed by atoms with E-state index in [2.05, 4.69) is 20.2 Å². The topological polar surface area (TPSA) is 108 Å². The number of rotatable bonds is 6. The van der Waals surface area contributed by atoms with Crippen molar-refractivity contribution in [1.29, 1.82) is 0 Å². The van der Waals surface area contributed by atoms with E-state index in [1.807, 2.05) is 18.7 Å². The first-order chi connectivity index (χ1) is 10.5. The smallest absolute Gasteiger partial charge is 0.353 e. The van der Waals surface area contributed by atoms with Crippen molar-refractivity contribution in [2.75, 3.05) is 49.5 Å². The first kappa shape index (κ1) is 16.4. The number of aromatic nitrogens is 2. The molecule has 9 nitrogen and oxygen atoms in total. The molecule has 9 heteroatoms. The second-order valence-electron chi connectivity index (χ2n) is 5.50. The SMILES string of the molecule is CC(C)Nc1ncnc(N2CCN(CCO)CC2)c1[N+](=O)[O-]. The molecule has 2 rings (SSSR count). The van der Waals surface area contributed by atoms with E-state index >= 15 is 0 Å². The van der Waals surface area contributed by atoms with Gasteiger partial charge in [0, 0.05) is 38.8 Å². The molecule has 1 fully saturated rings. The summed E-state index contributed by atoms with van der Waals surface area (Å²) in [5.74, 6) is 0.606. The summed E-state index contributed by atoms with van der Waals surface area (Å²) in [6, 6.07) is 0.0443. The lowest BCUT2D eigenvalue weighted by Gasteiger charge is -2.34. The highest BCUT2D eigenvalue weighted by Gasteiger charge is 2.29. The Morgan fingerprint density at radius 3 is 2.59 bits per heavy atom. The first-order valence-corrected chi connectivity index (χ1v) is 7.37. The molecule has 2 N–H and O–H groups in total. The average molecular weight is 310 g/mol. The van der Waals surface area contributed by atoms with Crippen LogP contribution in [0.5, 0.6) is 0 Å². The summed E-state index contributed by atoms with van der Waals surface area (Å²) in [4.78, 5) is 23.2. The van der Waals surface area contributed by atoms with Crippen molar-refractivity contribution in [3.05, 3.63) is 16.4 Å². The van der Waals surface area contributed by atoms with Crippen LogP contribution >= 0.6 is 0 Å². The molecule has 0 amide bonds. The lowest BCUT2D eigenvalue weighted by Crippen LogP contribution is -2.47. The monoisotopic (exact) mass is 310 g/mol. The maximum absolute atomic E-state index is 11.4. The molecule has 0 saturated carbocycles. The Hall–Kier alpha value is -2.00. The average Bonchev–Trinajstić information content (AvgIpc) is 2.47. The van der Waals surface area contributed by atoms with Gasteiger partial charge in [-0.2, -0.15) is 0 Å². The van der Waals surface area contributed by atoms with Crippen LogP contribution in [0.4, 0.5) is 17.3 Å². The van der Waals surface area contributed by atoms with E-state index in [1.165, 1.54) is 6.33 Å². The van der Waals surface area contributed by atoms with E-state index in [1.54, 1.807) is 0 Å². The highest BCUT2D eigenvalue weighted by atomic mass is 16.6. The Labute approximate surface area is 129 Å². The molecule has 2 heterocycles. The fraction of sp³-hybridized carbons (Fsp3) is 0.692. The molecule has 1 aromatic heterocycles. The minimum Gasteiger partial charge on any atom is -0.395 e. The van der Waals surface area contributed by atoms with Crippen LogP contribution in [0.2, 0.25) is 0 Å². The van der Waals surface area contributed by atoms with Gasteiger partial charge in [0.25, 0.3) is 0 Å². The number of piperazine rings is 1. The molecule has 1 aliphatic heterocycles. The second kappa shape index (κ2) is 7.32. The zero-order valence-electron chi connectivity index (χ0n) is 12.9. The molecule has 0 radical (unpaired) electrons. The zero-order valence-corrected chi connectivity index (χ0v) is 12.9. The van der Waals surface area contributed by atoms with Crippen LogP contribution in [0.1, 0.15) is 13.8 Å². The number of β-amino-alcohol motifs (C(OH)–C–C–N with tert-alkyl or cyclic N) is 1. The number of hydrogen-bond acceptors (Lipinski definition) is 8. The van der Waals surface area contributed by atoms with Crippen molar-refractivity contribution in [2.24, 2.45) is 0 Å². The minimum absolute atomic E-state index is 0.0443. The molecule has 122 valence electrons. The summed E-state index contributed by atoms with van der Waals surface area (Å²) < 4.78 is 0. The van der Waals surface area contributed by atoms with Gasteiger partial charge in [0.15, 0.2) is 0 Å². The number of hydrogen-bond donors (Lipinski definition) is 2. The van der Waals surface area contributed by atoms with Gasteiger partial charge in [-0.15, -0.1) is 0 Å². The standard InChI is InChI=1S/C13H22N6O3/c1-10(2)16-12-11(19(21)22)13(15-9-14-12)18-5-3-17(4-6-18)7-8-20/h9-10,20H,3-8H2,1-2H3,(H,14,15,16). The highest BCUT2D eigenvalue weighted by Crippen LogP contribution is 2.32. The number of anilines is 2. The van der Waals surface area contributed by atoms with Crippen LogP contribution in [-0.4, -0.2) is 70.3 Å². The van der Waals surface area contributed by atoms with Crippen LogP contribution in [-0.2, 0) is 0 Å². The van der Waals surface area contributed by atoms with Gasteiger partial charge in [-0.25, -0.2) is 9.97 Å². The number of nitro groups is 1.